The van der Waals surface area contributed by atoms with Crippen LogP contribution in [0.5, 0.6) is 11.5 Å². The summed E-state index contributed by atoms with van der Waals surface area (Å²) in [7, 11) is 3.21. The molecule has 138 valence electrons. The van der Waals surface area contributed by atoms with Crippen molar-refractivity contribution in [1.82, 2.24) is 5.32 Å². The molecule has 1 unspecified atom stereocenters. The predicted octanol–water partition coefficient (Wildman–Crippen LogP) is 2.78. The van der Waals surface area contributed by atoms with E-state index in [4.69, 9.17) is 9.47 Å². The monoisotopic (exact) mass is 356 g/mol. The summed E-state index contributed by atoms with van der Waals surface area (Å²) in [5.41, 5.74) is 1.72. The molecular weight excluding hydrogens is 332 g/mol. The fourth-order valence-electron chi connectivity index (χ4n) is 2.29. The van der Waals surface area contributed by atoms with Crippen LogP contribution in [0.25, 0.3) is 0 Å². The average molecular weight is 356 g/mol. The number of hydrogen-bond acceptors (Lipinski definition) is 4. The summed E-state index contributed by atoms with van der Waals surface area (Å²) in [4.78, 5) is 23.5. The first-order valence-electron chi connectivity index (χ1n) is 8.43. The third-order valence-electron chi connectivity index (χ3n) is 3.88. The summed E-state index contributed by atoms with van der Waals surface area (Å²) < 4.78 is 10.7. The van der Waals surface area contributed by atoms with Gasteiger partial charge in [0.1, 0.15) is 11.5 Å². The van der Waals surface area contributed by atoms with E-state index >= 15 is 0 Å². The average Bonchev–Trinajstić information content (AvgIpc) is 2.67. The molecule has 6 heteroatoms. The number of anilines is 1. The first-order valence-corrected chi connectivity index (χ1v) is 8.43. The largest absolute Gasteiger partial charge is 0.497 e. The summed E-state index contributed by atoms with van der Waals surface area (Å²) in [5.74, 6) is 1.09. The number of carbonyl (C=O) groups excluding carboxylic acids is 2. The second kappa shape index (κ2) is 9.46. The van der Waals surface area contributed by atoms with Gasteiger partial charge in [0.05, 0.1) is 7.11 Å². The summed E-state index contributed by atoms with van der Waals surface area (Å²) in [6.07, 6.45) is 0.455. The molecule has 2 rings (SSSR count). The van der Waals surface area contributed by atoms with E-state index in [9.17, 15) is 9.59 Å². The van der Waals surface area contributed by atoms with E-state index in [-0.39, 0.29) is 11.8 Å². The number of rotatable bonds is 8. The van der Waals surface area contributed by atoms with E-state index in [0.29, 0.717) is 24.3 Å². The zero-order valence-corrected chi connectivity index (χ0v) is 15.2. The summed E-state index contributed by atoms with van der Waals surface area (Å²) in [5, 5.41) is 5.41. The van der Waals surface area contributed by atoms with Crippen molar-refractivity contribution in [3.63, 3.8) is 0 Å². The molecule has 0 heterocycles. The van der Waals surface area contributed by atoms with Crippen molar-refractivity contribution in [3.8, 4) is 11.5 Å². The number of carbonyl (C=O) groups is 2. The molecule has 0 aliphatic carbocycles. The Bertz CT molecular complexity index is 726. The first-order chi connectivity index (χ1) is 12.5. The van der Waals surface area contributed by atoms with Crippen molar-refractivity contribution >= 4 is 17.5 Å². The van der Waals surface area contributed by atoms with E-state index in [1.54, 1.807) is 45.3 Å². The molecule has 2 aromatic rings. The minimum atomic E-state index is -0.642. The second-order valence-corrected chi connectivity index (χ2v) is 5.79. The lowest BCUT2D eigenvalue weighted by Gasteiger charge is -2.15. The van der Waals surface area contributed by atoms with E-state index in [2.05, 4.69) is 10.6 Å². The number of nitrogens with one attached hydrogen (secondary N) is 2. The van der Waals surface area contributed by atoms with E-state index in [0.717, 1.165) is 11.3 Å². The Labute approximate surface area is 153 Å². The molecular formula is C20H24N2O4. The van der Waals surface area contributed by atoms with Gasteiger partial charge in [-0.2, -0.15) is 0 Å². The molecule has 0 aromatic heterocycles. The van der Waals surface area contributed by atoms with Gasteiger partial charge < -0.3 is 20.1 Å². The van der Waals surface area contributed by atoms with Crippen LogP contribution in [0.3, 0.4) is 0 Å². The van der Waals surface area contributed by atoms with Crippen LogP contribution in [-0.2, 0) is 16.0 Å². The zero-order valence-electron chi connectivity index (χ0n) is 15.2. The normalized spacial score (nSPS) is 11.3. The van der Waals surface area contributed by atoms with Crippen molar-refractivity contribution in [1.29, 1.82) is 0 Å². The number of methoxy groups -OCH3 is 1. The highest BCUT2D eigenvalue weighted by atomic mass is 16.5. The van der Waals surface area contributed by atoms with Gasteiger partial charge in [-0.15, -0.1) is 0 Å². The van der Waals surface area contributed by atoms with Crippen LogP contribution in [0.2, 0.25) is 0 Å². The molecule has 0 radical (unpaired) electrons. The molecule has 2 amide bonds. The van der Waals surface area contributed by atoms with E-state index in [1.807, 2.05) is 24.3 Å². The highest BCUT2D eigenvalue weighted by Gasteiger charge is 2.15. The lowest BCUT2D eigenvalue weighted by molar-refractivity contribution is -0.122. The van der Waals surface area contributed by atoms with Gasteiger partial charge in [0.25, 0.3) is 5.91 Å². The minimum absolute atomic E-state index is 0.00637. The molecule has 26 heavy (non-hydrogen) atoms. The van der Waals surface area contributed by atoms with Crippen LogP contribution in [-0.4, -0.2) is 32.1 Å². The Hall–Kier alpha value is -3.02. The Morgan fingerprint density at radius 1 is 1.00 bits per heavy atom. The molecule has 0 aliphatic heterocycles. The molecule has 6 nitrogen and oxygen atoms in total. The van der Waals surface area contributed by atoms with Gasteiger partial charge in [-0.1, -0.05) is 12.1 Å². The Balaban J connectivity index is 1.86. The van der Waals surface area contributed by atoms with Gasteiger partial charge in [0, 0.05) is 19.2 Å². The molecule has 2 aromatic carbocycles. The Morgan fingerprint density at radius 3 is 2.19 bits per heavy atom. The molecule has 2 N–H and O–H groups in total. The third-order valence-corrected chi connectivity index (χ3v) is 3.88. The summed E-state index contributed by atoms with van der Waals surface area (Å²) in [6.45, 7) is 1.69. The van der Waals surface area contributed by atoms with Crippen LogP contribution in [0.4, 0.5) is 5.69 Å². The van der Waals surface area contributed by atoms with Gasteiger partial charge in [-0.05, 0) is 55.3 Å². The van der Waals surface area contributed by atoms with Crippen molar-refractivity contribution in [3.05, 3.63) is 54.1 Å². The number of benzene rings is 2. The maximum absolute atomic E-state index is 12.3. The van der Waals surface area contributed by atoms with E-state index in [1.165, 1.54) is 0 Å². The van der Waals surface area contributed by atoms with Crippen LogP contribution < -0.4 is 20.1 Å². The molecule has 0 bridgehead atoms. The number of hydrogen-bond donors (Lipinski definition) is 2. The smallest absolute Gasteiger partial charge is 0.265 e. The second-order valence-electron chi connectivity index (χ2n) is 5.79. The summed E-state index contributed by atoms with van der Waals surface area (Å²) in [6, 6.07) is 14.5. The van der Waals surface area contributed by atoms with Crippen molar-refractivity contribution in [2.45, 2.75) is 25.9 Å². The quantitative estimate of drug-likeness (QED) is 0.762. The van der Waals surface area contributed by atoms with Gasteiger partial charge in [-0.3, -0.25) is 9.59 Å². The van der Waals surface area contributed by atoms with Gasteiger partial charge in [0.2, 0.25) is 5.91 Å². The number of aryl methyl sites for hydroxylation is 1. The first kappa shape index (κ1) is 19.3. The molecule has 0 saturated heterocycles. The fraction of sp³-hybridized carbons (Fsp3) is 0.300. The maximum Gasteiger partial charge on any atom is 0.265 e. The maximum atomic E-state index is 12.3. The van der Waals surface area contributed by atoms with Crippen LogP contribution >= 0.6 is 0 Å². The minimum Gasteiger partial charge on any atom is -0.497 e. The molecule has 0 spiro atoms. The van der Waals surface area contributed by atoms with Gasteiger partial charge in [-0.25, -0.2) is 0 Å². The Morgan fingerprint density at radius 2 is 1.62 bits per heavy atom. The number of ether oxygens (including phenoxy) is 2. The lowest BCUT2D eigenvalue weighted by Crippen LogP contribution is -2.30. The van der Waals surface area contributed by atoms with Crippen LogP contribution in [0.1, 0.15) is 18.9 Å². The van der Waals surface area contributed by atoms with Crippen molar-refractivity contribution < 1.29 is 19.1 Å². The lowest BCUT2D eigenvalue weighted by atomic mass is 10.1. The molecule has 0 fully saturated rings. The highest BCUT2D eigenvalue weighted by molar-refractivity contribution is 5.94. The number of amides is 2. The molecule has 1 atom stereocenters. The third kappa shape index (κ3) is 5.81. The van der Waals surface area contributed by atoms with Crippen LogP contribution in [0, 0.1) is 0 Å². The van der Waals surface area contributed by atoms with Gasteiger partial charge >= 0.3 is 0 Å². The topological polar surface area (TPSA) is 76.7 Å². The fourth-order valence-corrected chi connectivity index (χ4v) is 2.29. The highest BCUT2D eigenvalue weighted by Crippen LogP contribution is 2.19. The van der Waals surface area contributed by atoms with Crippen molar-refractivity contribution in [2.24, 2.45) is 0 Å². The Kier molecular flexibility index (Phi) is 7.02. The van der Waals surface area contributed by atoms with E-state index < -0.39 is 6.10 Å². The zero-order chi connectivity index (χ0) is 18.9. The van der Waals surface area contributed by atoms with Gasteiger partial charge in [0.15, 0.2) is 6.10 Å². The van der Waals surface area contributed by atoms with Crippen LogP contribution in [0.15, 0.2) is 48.5 Å². The summed E-state index contributed by atoms with van der Waals surface area (Å²) >= 11 is 0. The predicted molar refractivity (Wildman–Crippen MR) is 101 cm³/mol. The van der Waals surface area contributed by atoms with Crippen molar-refractivity contribution in [2.75, 3.05) is 19.5 Å². The molecule has 0 aliphatic rings. The standard InChI is InChI=1S/C20H24N2O4/c1-14(26-18-11-9-17(25-3)10-12-18)20(24)22-16-7-4-15(5-8-16)6-13-19(23)21-2/h4-5,7-12,14H,6,13H2,1-3H3,(H,21,23)(H,22,24). The molecule has 0 saturated carbocycles. The SMILES string of the molecule is CNC(=O)CCc1ccc(NC(=O)C(C)Oc2ccc(OC)cc2)cc1.